The average molecular weight is 341 g/mol. The Bertz CT molecular complexity index is 906. The molecule has 0 spiro atoms. The molecule has 1 aromatic heterocycles. The first-order valence-electron chi connectivity index (χ1n) is 7.81. The number of aromatic nitrogens is 3. The van der Waals surface area contributed by atoms with Gasteiger partial charge in [-0.15, -0.1) is 10.2 Å². The summed E-state index contributed by atoms with van der Waals surface area (Å²) >= 11 is 6.17. The molecule has 24 heavy (non-hydrogen) atoms. The number of benzene rings is 2. The van der Waals surface area contributed by atoms with Crippen LogP contribution >= 0.6 is 11.6 Å². The van der Waals surface area contributed by atoms with Gasteiger partial charge < -0.3 is 10.1 Å². The molecule has 0 bridgehead atoms. The minimum absolute atomic E-state index is 0.225. The lowest BCUT2D eigenvalue weighted by molar-refractivity contribution is 0.415. The number of fused-ring (bicyclic) bond motifs is 3. The van der Waals surface area contributed by atoms with Crippen molar-refractivity contribution in [2.75, 3.05) is 19.0 Å². The van der Waals surface area contributed by atoms with Gasteiger partial charge in [0.15, 0.2) is 5.82 Å². The highest BCUT2D eigenvalue weighted by Crippen LogP contribution is 2.35. The van der Waals surface area contributed by atoms with E-state index in [1.807, 2.05) is 42.5 Å². The van der Waals surface area contributed by atoms with Crippen LogP contribution in [0.15, 0.2) is 42.5 Å². The van der Waals surface area contributed by atoms with Gasteiger partial charge in [0.1, 0.15) is 11.6 Å². The van der Waals surface area contributed by atoms with Gasteiger partial charge >= 0.3 is 0 Å². The van der Waals surface area contributed by atoms with E-state index >= 15 is 0 Å². The Morgan fingerprint density at radius 3 is 2.92 bits per heavy atom. The number of hydrogen-bond acceptors (Lipinski definition) is 4. The zero-order valence-corrected chi connectivity index (χ0v) is 14.2. The summed E-state index contributed by atoms with van der Waals surface area (Å²) in [7, 11) is 1.66. The molecule has 6 heteroatoms. The molecule has 1 N–H and O–H groups in total. The van der Waals surface area contributed by atoms with Crippen LogP contribution < -0.4 is 10.1 Å². The van der Waals surface area contributed by atoms with Gasteiger partial charge in [0.2, 0.25) is 0 Å². The van der Waals surface area contributed by atoms with E-state index in [1.54, 1.807) is 7.11 Å². The maximum absolute atomic E-state index is 6.17. The second-order valence-corrected chi connectivity index (χ2v) is 6.33. The minimum atomic E-state index is 0.225. The Balaban J connectivity index is 1.96. The summed E-state index contributed by atoms with van der Waals surface area (Å²) < 4.78 is 7.44. The lowest BCUT2D eigenvalue weighted by Gasteiger charge is -2.13. The fourth-order valence-electron chi connectivity index (χ4n) is 3.00. The Hall–Kier alpha value is -2.53. The first-order chi connectivity index (χ1) is 11.7. The van der Waals surface area contributed by atoms with Gasteiger partial charge in [0.05, 0.1) is 18.5 Å². The second kappa shape index (κ2) is 5.83. The molecule has 2 heterocycles. The van der Waals surface area contributed by atoms with E-state index in [0.29, 0.717) is 5.02 Å². The molecule has 122 valence electrons. The molecule has 1 aliphatic rings. The van der Waals surface area contributed by atoms with Gasteiger partial charge in [0, 0.05) is 23.0 Å². The number of rotatable bonds is 2. The smallest absolute Gasteiger partial charge is 0.168 e. The van der Waals surface area contributed by atoms with Crippen LogP contribution in [0.25, 0.3) is 17.1 Å². The van der Waals surface area contributed by atoms with E-state index in [2.05, 4.69) is 27.0 Å². The number of halogens is 1. The van der Waals surface area contributed by atoms with E-state index in [0.717, 1.165) is 40.9 Å². The first kappa shape index (κ1) is 15.0. The Morgan fingerprint density at radius 2 is 2.08 bits per heavy atom. The van der Waals surface area contributed by atoms with Crippen LogP contribution in [-0.4, -0.2) is 28.4 Å². The molecule has 0 saturated heterocycles. The van der Waals surface area contributed by atoms with Gasteiger partial charge in [-0.3, -0.25) is 4.57 Å². The molecule has 1 unspecified atom stereocenters. The summed E-state index contributed by atoms with van der Waals surface area (Å²) in [5.74, 6) is 2.74. The van der Waals surface area contributed by atoms with Gasteiger partial charge in [-0.2, -0.15) is 0 Å². The van der Waals surface area contributed by atoms with Crippen LogP contribution in [0.4, 0.5) is 5.69 Å². The van der Waals surface area contributed by atoms with Crippen molar-refractivity contribution in [1.29, 1.82) is 0 Å². The molecule has 1 atom stereocenters. The largest absolute Gasteiger partial charge is 0.497 e. The van der Waals surface area contributed by atoms with Crippen LogP contribution in [0, 0.1) is 0 Å². The number of hydrogen-bond donors (Lipinski definition) is 1. The third kappa shape index (κ3) is 2.41. The van der Waals surface area contributed by atoms with Crippen molar-refractivity contribution >= 4 is 17.3 Å². The van der Waals surface area contributed by atoms with E-state index in [9.17, 15) is 0 Å². The zero-order valence-electron chi connectivity index (χ0n) is 13.5. The number of ether oxygens (including phenoxy) is 1. The summed E-state index contributed by atoms with van der Waals surface area (Å²) in [5, 5.41) is 13.1. The van der Waals surface area contributed by atoms with Gasteiger partial charge in [-0.1, -0.05) is 30.7 Å². The van der Waals surface area contributed by atoms with Crippen LogP contribution in [-0.2, 0) is 0 Å². The lowest BCUT2D eigenvalue weighted by atomic mass is 10.1. The number of nitrogens with one attached hydrogen (secondary N) is 1. The molecule has 0 radical (unpaired) electrons. The SMILES string of the molecule is COc1cccc(-c2nnc3n2-c2ccc(Cl)cc2NCC3C)c1. The summed E-state index contributed by atoms with van der Waals surface area (Å²) in [5.41, 5.74) is 2.95. The third-order valence-electron chi connectivity index (χ3n) is 4.25. The van der Waals surface area contributed by atoms with Gasteiger partial charge in [0.25, 0.3) is 0 Å². The zero-order chi connectivity index (χ0) is 16.7. The average Bonchev–Trinajstić information content (AvgIpc) is 2.99. The number of anilines is 1. The molecule has 0 aliphatic carbocycles. The number of methoxy groups -OCH3 is 1. The van der Waals surface area contributed by atoms with Crippen LogP contribution in [0.1, 0.15) is 18.7 Å². The maximum Gasteiger partial charge on any atom is 0.168 e. The highest BCUT2D eigenvalue weighted by atomic mass is 35.5. The molecular weight excluding hydrogens is 324 g/mol. The van der Waals surface area contributed by atoms with Crippen molar-refractivity contribution in [2.24, 2.45) is 0 Å². The van der Waals surface area contributed by atoms with Crippen molar-refractivity contribution in [3.05, 3.63) is 53.3 Å². The number of nitrogens with zero attached hydrogens (tertiary/aromatic N) is 3. The second-order valence-electron chi connectivity index (χ2n) is 5.89. The van der Waals surface area contributed by atoms with Crippen molar-refractivity contribution in [3.63, 3.8) is 0 Å². The van der Waals surface area contributed by atoms with E-state index in [1.165, 1.54) is 0 Å². The van der Waals surface area contributed by atoms with Gasteiger partial charge in [-0.25, -0.2) is 0 Å². The monoisotopic (exact) mass is 340 g/mol. The van der Waals surface area contributed by atoms with Crippen LogP contribution in [0.3, 0.4) is 0 Å². The van der Waals surface area contributed by atoms with Crippen LogP contribution in [0.2, 0.25) is 5.02 Å². The molecule has 1 aliphatic heterocycles. The summed E-state index contributed by atoms with van der Waals surface area (Å²) in [6.45, 7) is 2.92. The molecule has 0 saturated carbocycles. The first-order valence-corrected chi connectivity index (χ1v) is 8.18. The fraction of sp³-hybridized carbons (Fsp3) is 0.222. The van der Waals surface area contributed by atoms with E-state index in [4.69, 9.17) is 16.3 Å². The highest BCUT2D eigenvalue weighted by molar-refractivity contribution is 6.31. The summed E-state index contributed by atoms with van der Waals surface area (Å²) in [6, 6.07) is 13.7. The molecule has 0 amide bonds. The highest BCUT2D eigenvalue weighted by Gasteiger charge is 2.25. The fourth-order valence-corrected chi connectivity index (χ4v) is 3.17. The Kier molecular flexibility index (Phi) is 3.65. The van der Waals surface area contributed by atoms with Crippen molar-refractivity contribution in [1.82, 2.24) is 14.8 Å². The van der Waals surface area contributed by atoms with E-state index < -0.39 is 0 Å². The van der Waals surface area contributed by atoms with Crippen LogP contribution in [0.5, 0.6) is 5.75 Å². The molecular formula is C18H17ClN4O. The van der Waals surface area contributed by atoms with Crippen molar-refractivity contribution in [2.45, 2.75) is 12.8 Å². The predicted octanol–water partition coefficient (Wildman–Crippen LogP) is 4.13. The maximum atomic E-state index is 6.17. The van der Waals surface area contributed by atoms with Crippen molar-refractivity contribution in [3.8, 4) is 22.8 Å². The molecule has 2 aromatic carbocycles. The Morgan fingerprint density at radius 1 is 1.21 bits per heavy atom. The Labute approximate surface area is 145 Å². The molecule has 4 rings (SSSR count). The normalized spacial score (nSPS) is 15.9. The minimum Gasteiger partial charge on any atom is -0.497 e. The molecule has 5 nitrogen and oxygen atoms in total. The van der Waals surface area contributed by atoms with E-state index in [-0.39, 0.29) is 5.92 Å². The molecule has 3 aromatic rings. The third-order valence-corrected chi connectivity index (χ3v) is 4.49. The summed E-state index contributed by atoms with van der Waals surface area (Å²) in [4.78, 5) is 0. The standard InChI is InChI=1S/C18H17ClN4O/c1-11-10-20-15-9-13(19)6-7-16(15)23-17(11)21-22-18(23)12-4-3-5-14(8-12)24-2/h3-9,11,20H,10H2,1-2H3. The lowest BCUT2D eigenvalue weighted by Crippen LogP contribution is -2.09. The summed E-state index contributed by atoms with van der Waals surface area (Å²) in [6.07, 6.45) is 0. The topological polar surface area (TPSA) is 52.0 Å². The quantitative estimate of drug-likeness (QED) is 0.762. The molecule has 0 fully saturated rings. The van der Waals surface area contributed by atoms with Gasteiger partial charge in [-0.05, 0) is 30.3 Å². The van der Waals surface area contributed by atoms with Crippen molar-refractivity contribution < 1.29 is 4.74 Å². The predicted molar refractivity (Wildman–Crippen MR) is 95.3 cm³/mol.